The zero-order valence-corrected chi connectivity index (χ0v) is 17.4. The molecular weight excluding hydrogens is 378 g/mol. The van der Waals surface area contributed by atoms with Gasteiger partial charge < -0.3 is 19.9 Å². The number of aromatic amines is 1. The number of amides is 2. The van der Waals surface area contributed by atoms with Crippen molar-refractivity contribution < 1.29 is 14.3 Å². The van der Waals surface area contributed by atoms with E-state index >= 15 is 0 Å². The van der Waals surface area contributed by atoms with Crippen molar-refractivity contribution in [2.45, 2.75) is 32.4 Å². The molecule has 1 unspecified atom stereocenters. The minimum atomic E-state index is -0.292. The first-order valence-electron chi connectivity index (χ1n) is 10.4. The number of rotatable bonds is 8. The fourth-order valence-corrected chi connectivity index (χ4v) is 4.02. The van der Waals surface area contributed by atoms with Gasteiger partial charge in [-0.25, -0.2) is 0 Å². The Bertz CT molecular complexity index is 1060. The molecule has 1 atom stereocenters. The topological polar surface area (TPSA) is 74.4 Å². The molecular formula is C24H27N3O3. The van der Waals surface area contributed by atoms with Gasteiger partial charge in [-0.2, -0.15) is 0 Å². The van der Waals surface area contributed by atoms with Gasteiger partial charge in [0, 0.05) is 41.4 Å². The Morgan fingerprint density at radius 3 is 2.73 bits per heavy atom. The summed E-state index contributed by atoms with van der Waals surface area (Å²) in [6.45, 7) is 5.12. The first-order valence-corrected chi connectivity index (χ1v) is 10.4. The van der Waals surface area contributed by atoms with Gasteiger partial charge in [0.25, 0.3) is 5.91 Å². The number of carbonyl (C=O) groups excluding carboxylic acids is 2. The lowest BCUT2D eigenvalue weighted by molar-refractivity contribution is -0.122. The number of aromatic nitrogens is 1. The summed E-state index contributed by atoms with van der Waals surface area (Å²) in [5.74, 6) is -0.273. The third-order valence-electron chi connectivity index (χ3n) is 5.38. The molecule has 0 spiro atoms. The van der Waals surface area contributed by atoms with Crippen LogP contribution in [0.1, 0.15) is 47.8 Å². The zero-order chi connectivity index (χ0) is 21.1. The Hall–Kier alpha value is -3.12. The molecule has 0 aliphatic carbocycles. The number of nitrogens with zero attached hydrogens (tertiary/aromatic N) is 1. The summed E-state index contributed by atoms with van der Waals surface area (Å²) in [4.78, 5) is 30.7. The molecule has 1 aromatic heterocycles. The molecule has 6 heteroatoms. The Morgan fingerprint density at radius 2 is 1.90 bits per heavy atom. The summed E-state index contributed by atoms with van der Waals surface area (Å²) < 4.78 is 5.50. The normalized spacial score (nSPS) is 15.8. The number of carbonyl (C=O) groups is 2. The SMILES string of the molecule is CC(C)OCCCNC(=O)CN1C(=O)c2ccccc2C1c1c[nH]c2ccccc12. The average molecular weight is 405 g/mol. The van der Waals surface area contributed by atoms with E-state index in [0.717, 1.165) is 28.5 Å². The first-order chi connectivity index (χ1) is 14.6. The van der Waals surface area contributed by atoms with Crippen LogP contribution in [0.2, 0.25) is 0 Å². The van der Waals surface area contributed by atoms with Crippen LogP contribution in [0.15, 0.2) is 54.7 Å². The highest BCUT2D eigenvalue weighted by atomic mass is 16.5. The van der Waals surface area contributed by atoms with Crippen molar-refractivity contribution in [3.8, 4) is 0 Å². The predicted octanol–water partition coefficient (Wildman–Crippen LogP) is 3.64. The summed E-state index contributed by atoms with van der Waals surface area (Å²) in [5.41, 5.74) is 3.61. The summed E-state index contributed by atoms with van der Waals surface area (Å²) in [5, 5.41) is 3.97. The molecule has 2 aromatic carbocycles. The fraction of sp³-hybridized carbons (Fsp3) is 0.333. The number of H-pyrrole nitrogens is 1. The molecule has 0 saturated carbocycles. The van der Waals surface area contributed by atoms with Crippen molar-refractivity contribution >= 4 is 22.7 Å². The van der Waals surface area contributed by atoms with Crippen molar-refractivity contribution in [1.82, 2.24) is 15.2 Å². The predicted molar refractivity (Wildman–Crippen MR) is 116 cm³/mol. The van der Waals surface area contributed by atoms with Crippen LogP contribution in [0.5, 0.6) is 0 Å². The van der Waals surface area contributed by atoms with Crippen LogP contribution in [-0.4, -0.2) is 47.5 Å². The van der Waals surface area contributed by atoms with E-state index in [1.807, 2.05) is 68.6 Å². The minimum Gasteiger partial charge on any atom is -0.379 e. The number of fused-ring (bicyclic) bond motifs is 2. The maximum Gasteiger partial charge on any atom is 0.255 e. The molecule has 2 amide bonds. The summed E-state index contributed by atoms with van der Waals surface area (Å²) in [6, 6.07) is 15.3. The van der Waals surface area contributed by atoms with E-state index in [1.165, 1.54) is 0 Å². The second-order valence-electron chi connectivity index (χ2n) is 7.84. The fourth-order valence-electron chi connectivity index (χ4n) is 4.02. The second-order valence-corrected chi connectivity index (χ2v) is 7.84. The van der Waals surface area contributed by atoms with Gasteiger partial charge in [-0.15, -0.1) is 0 Å². The highest BCUT2D eigenvalue weighted by Gasteiger charge is 2.39. The molecule has 0 saturated heterocycles. The lowest BCUT2D eigenvalue weighted by Crippen LogP contribution is -2.40. The van der Waals surface area contributed by atoms with E-state index < -0.39 is 0 Å². The van der Waals surface area contributed by atoms with Crippen LogP contribution in [0, 0.1) is 0 Å². The van der Waals surface area contributed by atoms with Crippen LogP contribution >= 0.6 is 0 Å². The summed E-state index contributed by atoms with van der Waals surface area (Å²) in [6.07, 6.45) is 2.86. The molecule has 1 aliphatic heterocycles. The van der Waals surface area contributed by atoms with E-state index in [-0.39, 0.29) is 30.5 Å². The van der Waals surface area contributed by atoms with Crippen molar-refractivity contribution in [1.29, 1.82) is 0 Å². The maximum absolute atomic E-state index is 13.1. The molecule has 156 valence electrons. The van der Waals surface area contributed by atoms with Crippen LogP contribution in [0.3, 0.4) is 0 Å². The molecule has 0 bridgehead atoms. The quantitative estimate of drug-likeness (QED) is 0.562. The van der Waals surface area contributed by atoms with E-state index in [4.69, 9.17) is 4.74 Å². The van der Waals surface area contributed by atoms with Gasteiger partial charge in [0.2, 0.25) is 5.91 Å². The lowest BCUT2D eigenvalue weighted by atomic mass is 9.97. The molecule has 1 aliphatic rings. The minimum absolute atomic E-state index is 0.0166. The molecule has 2 heterocycles. The number of ether oxygens (including phenoxy) is 1. The lowest BCUT2D eigenvalue weighted by Gasteiger charge is -2.25. The van der Waals surface area contributed by atoms with E-state index in [2.05, 4.69) is 10.3 Å². The highest BCUT2D eigenvalue weighted by Crippen LogP contribution is 2.40. The van der Waals surface area contributed by atoms with Crippen LogP contribution in [0.4, 0.5) is 0 Å². The Balaban J connectivity index is 1.54. The smallest absolute Gasteiger partial charge is 0.255 e. The van der Waals surface area contributed by atoms with Gasteiger partial charge in [-0.05, 0) is 38.0 Å². The van der Waals surface area contributed by atoms with Crippen LogP contribution in [-0.2, 0) is 9.53 Å². The van der Waals surface area contributed by atoms with Gasteiger partial charge in [0.05, 0.1) is 12.1 Å². The van der Waals surface area contributed by atoms with Gasteiger partial charge in [-0.3, -0.25) is 9.59 Å². The zero-order valence-electron chi connectivity index (χ0n) is 17.4. The standard InChI is InChI=1S/C24H27N3O3/c1-16(2)30-13-7-12-25-22(28)15-27-23(18-9-3-4-10-19(18)24(27)29)20-14-26-21-11-6-5-8-17(20)21/h3-6,8-11,14,16,23,26H,7,12-13,15H2,1-2H3,(H,25,28). The number of hydrogen-bond acceptors (Lipinski definition) is 3. The number of benzene rings is 2. The Labute approximate surface area is 176 Å². The molecule has 0 radical (unpaired) electrons. The molecule has 3 aromatic rings. The number of nitrogens with one attached hydrogen (secondary N) is 2. The number of hydrogen-bond donors (Lipinski definition) is 2. The molecule has 6 nitrogen and oxygen atoms in total. The van der Waals surface area contributed by atoms with E-state index in [0.29, 0.717) is 18.7 Å². The van der Waals surface area contributed by atoms with Crippen molar-refractivity contribution in [2.75, 3.05) is 19.7 Å². The van der Waals surface area contributed by atoms with Crippen molar-refractivity contribution in [3.63, 3.8) is 0 Å². The summed E-state index contributed by atoms with van der Waals surface area (Å²) >= 11 is 0. The van der Waals surface area contributed by atoms with Crippen molar-refractivity contribution in [3.05, 3.63) is 71.4 Å². The van der Waals surface area contributed by atoms with Gasteiger partial charge in [0.15, 0.2) is 0 Å². The number of para-hydroxylation sites is 1. The van der Waals surface area contributed by atoms with Gasteiger partial charge in [0.1, 0.15) is 6.54 Å². The second kappa shape index (κ2) is 8.71. The van der Waals surface area contributed by atoms with E-state index in [1.54, 1.807) is 4.90 Å². The van der Waals surface area contributed by atoms with Gasteiger partial charge >= 0.3 is 0 Å². The van der Waals surface area contributed by atoms with E-state index in [9.17, 15) is 9.59 Å². The maximum atomic E-state index is 13.1. The first kappa shape index (κ1) is 20.2. The van der Waals surface area contributed by atoms with Crippen LogP contribution in [0.25, 0.3) is 10.9 Å². The monoisotopic (exact) mass is 405 g/mol. The molecule has 2 N–H and O–H groups in total. The Morgan fingerprint density at radius 1 is 1.13 bits per heavy atom. The average Bonchev–Trinajstić information content (AvgIpc) is 3.27. The van der Waals surface area contributed by atoms with Gasteiger partial charge in [-0.1, -0.05) is 36.4 Å². The van der Waals surface area contributed by atoms with Crippen molar-refractivity contribution in [2.24, 2.45) is 0 Å². The van der Waals surface area contributed by atoms with Crippen LogP contribution < -0.4 is 5.32 Å². The largest absolute Gasteiger partial charge is 0.379 e. The molecule has 0 fully saturated rings. The third kappa shape index (κ3) is 3.96. The molecule has 4 rings (SSSR count). The summed E-state index contributed by atoms with van der Waals surface area (Å²) in [7, 11) is 0. The molecule has 30 heavy (non-hydrogen) atoms. The Kier molecular flexibility index (Phi) is 5.86. The third-order valence-corrected chi connectivity index (χ3v) is 5.38. The highest BCUT2D eigenvalue weighted by molar-refractivity contribution is 6.02.